The third-order valence-electron chi connectivity index (χ3n) is 4.13. The Morgan fingerprint density at radius 2 is 1.90 bits per heavy atom. The molecule has 1 aromatic carbocycles. The van der Waals surface area contributed by atoms with Crippen LogP contribution in [0.2, 0.25) is 0 Å². The van der Waals surface area contributed by atoms with Crippen LogP contribution in [0.3, 0.4) is 0 Å². The van der Waals surface area contributed by atoms with Crippen LogP contribution in [0, 0.1) is 5.92 Å². The molecule has 1 aromatic rings. The minimum Gasteiger partial charge on any atom is -0.493 e. The van der Waals surface area contributed by atoms with Gasteiger partial charge in [0.05, 0.1) is 11.5 Å². The number of benzene rings is 1. The molecule has 0 aliphatic heterocycles. The summed E-state index contributed by atoms with van der Waals surface area (Å²) in [5, 5.41) is 5.20. The van der Waals surface area contributed by atoms with Crippen molar-refractivity contribution < 1.29 is 13.2 Å². The Morgan fingerprint density at radius 1 is 1.24 bits per heavy atom. The highest BCUT2D eigenvalue weighted by Crippen LogP contribution is 2.31. The van der Waals surface area contributed by atoms with Crippen molar-refractivity contribution >= 4 is 10.0 Å². The van der Waals surface area contributed by atoms with Gasteiger partial charge in [0.15, 0.2) is 0 Å². The van der Waals surface area contributed by atoms with Crippen molar-refractivity contribution in [1.82, 2.24) is 0 Å². The van der Waals surface area contributed by atoms with Crippen LogP contribution in [0.4, 0.5) is 0 Å². The second-order valence-corrected chi connectivity index (χ2v) is 7.78. The lowest BCUT2D eigenvalue weighted by atomic mass is 9.90. The standard InChI is InChI=1S/C16H25NO3S/c1-12(2)15-10-14(21(17,18)19)8-9-16(15)20-11-13-6-4-3-5-7-13/h8-10,12-13H,3-7,11H2,1-2H3,(H2,17,18,19). The number of rotatable bonds is 5. The maximum Gasteiger partial charge on any atom is 0.238 e. The van der Waals surface area contributed by atoms with E-state index in [9.17, 15) is 8.42 Å². The van der Waals surface area contributed by atoms with Gasteiger partial charge in [-0.15, -0.1) is 0 Å². The molecule has 1 aliphatic rings. The smallest absolute Gasteiger partial charge is 0.238 e. The molecule has 0 spiro atoms. The molecule has 0 unspecified atom stereocenters. The summed E-state index contributed by atoms with van der Waals surface area (Å²) < 4.78 is 28.9. The van der Waals surface area contributed by atoms with E-state index in [1.54, 1.807) is 12.1 Å². The predicted octanol–water partition coefficient (Wildman–Crippen LogP) is 3.42. The van der Waals surface area contributed by atoms with Gasteiger partial charge in [0.1, 0.15) is 5.75 Å². The third kappa shape index (κ3) is 4.45. The summed E-state index contributed by atoms with van der Waals surface area (Å²) in [6.45, 7) is 4.76. The average Bonchev–Trinajstić information content (AvgIpc) is 2.45. The molecule has 0 bridgehead atoms. The van der Waals surface area contributed by atoms with E-state index in [-0.39, 0.29) is 10.8 Å². The number of hydrogen-bond acceptors (Lipinski definition) is 3. The van der Waals surface area contributed by atoms with Gasteiger partial charge in [0, 0.05) is 0 Å². The van der Waals surface area contributed by atoms with Crippen molar-refractivity contribution in [1.29, 1.82) is 0 Å². The topological polar surface area (TPSA) is 69.4 Å². The van der Waals surface area contributed by atoms with Crippen LogP contribution in [0.1, 0.15) is 57.4 Å². The van der Waals surface area contributed by atoms with Crippen LogP contribution in [-0.4, -0.2) is 15.0 Å². The monoisotopic (exact) mass is 311 g/mol. The predicted molar refractivity (Wildman–Crippen MR) is 84.0 cm³/mol. The number of ether oxygens (including phenoxy) is 1. The highest BCUT2D eigenvalue weighted by atomic mass is 32.2. The minimum atomic E-state index is -3.67. The maximum atomic E-state index is 11.5. The van der Waals surface area contributed by atoms with Gasteiger partial charge in [-0.05, 0) is 48.4 Å². The Hall–Kier alpha value is -1.07. The van der Waals surface area contributed by atoms with Crippen molar-refractivity contribution in [2.24, 2.45) is 11.1 Å². The van der Waals surface area contributed by atoms with E-state index in [0.29, 0.717) is 12.5 Å². The largest absolute Gasteiger partial charge is 0.493 e. The Balaban J connectivity index is 2.14. The van der Waals surface area contributed by atoms with Gasteiger partial charge in [-0.2, -0.15) is 0 Å². The molecule has 4 nitrogen and oxygen atoms in total. The zero-order valence-corrected chi connectivity index (χ0v) is 13.7. The van der Waals surface area contributed by atoms with Gasteiger partial charge < -0.3 is 4.74 Å². The van der Waals surface area contributed by atoms with Crippen LogP contribution in [0.15, 0.2) is 23.1 Å². The van der Waals surface area contributed by atoms with Gasteiger partial charge in [-0.25, -0.2) is 13.6 Å². The van der Waals surface area contributed by atoms with E-state index in [0.717, 1.165) is 11.3 Å². The van der Waals surface area contributed by atoms with Crippen molar-refractivity contribution in [3.8, 4) is 5.75 Å². The van der Waals surface area contributed by atoms with Crippen molar-refractivity contribution in [3.63, 3.8) is 0 Å². The second-order valence-electron chi connectivity index (χ2n) is 6.21. The number of primary sulfonamides is 1. The van der Waals surface area contributed by atoms with Crippen LogP contribution < -0.4 is 9.88 Å². The van der Waals surface area contributed by atoms with Gasteiger partial charge in [-0.3, -0.25) is 0 Å². The summed E-state index contributed by atoms with van der Waals surface area (Å²) in [6, 6.07) is 4.89. The second kappa shape index (κ2) is 6.79. The summed E-state index contributed by atoms with van der Waals surface area (Å²) in [4.78, 5) is 0.149. The van der Waals surface area contributed by atoms with E-state index >= 15 is 0 Å². The molecule has 0 radical (unpaired) electrons. The number of hydrogen-bond donors (Lipinski definition) is 1. The molecule has 0 saturated heterocycles. The number of sulfonamides is 1. The molecule has 1 saturated carbocycles. The fourth-order valence-corrected chi connectivity index (χ4v) is 3.40. The molecule has 118 valence electrons. The van der Waals surface area contributed by atoms with E-state index < -0.39 is 10.0 Å². The Kier molecular flexibility index (Phi) is 5.27. The van der Waals surface area contributed by atoms with Crippen molar-refractivity contribution in [3.05, 3.63) is 23.8 Å². The van der Waals surface area contributed by atoms with E-state index in [4.69, 9.17) is 9.88 Å². The summed E-state index contributed by atoms with van der Waals surface area (Å²) in [5.74, 6) is 1.59. The summed E-state index contributed by atoms with van der Waals surface area (Å²) in [6.07, 6.45) is 6.36. The van der Waals surface area contributed by atoms with E-state index in [1.165, 1.54) is 38.2 Å². The van der Waals surface area contributed by atoms with Crippen LogP contribution in [0.25, 0.3) is 0 Å². The van der Waals surface area contributed by atoms with Gasteiger partial charge in [-0.1, -0.05) is 33.1 Å². The number of nitrogens with two attached hydrogens (primary N) is 1. The van der Waals surface area contributed by atoms with E-state index in [2.05, 4.69) is 0 Å². The van der Waals surface area contributed by atoms with Crippen molar-refractivity contribution in [2.75, 3.05) is 6.61 Å². The Bertz CT molecular complexity index is 575. The first kappa shape index (κ1) is 16.3. The minimum absolute atomic E-state index is 0.149. The molecule has 0 heterocycles. The average molecular weight is 311 g/mol. The molecule has 0 amide bonds. The van der Waals surface area contributed by atoms with Crippen molar-refractivity contribution in [2.45, 2.75) is 56.8 Å². The highest BCUT2D eigenvalue weighted by molar-refractivity contribution is 7.89. The summed E-state index contributed by atoms with van der Waals surface area (Å²) in [5.41, 5.74) is 0.900. The zero-order chi connectivity index (χ0) is 15.5. The molecule has 2 rings (SSSR count). The molecule has 2 N–H and O–H groups in total. The molecule has 1 fully saturated rings. The molecule has 21 heavy (non-hydrogen) atoms. The third-order valence-corrected chi connectivity index (χ3v) is 5.04. The molecule has 5 heteroatoms. The Morgan fingerprint density at radius 3 is 2.48 bits per heavy atom. The van der Waals surface area contributed by atoms with E-state index in [1.807, 2.05) is 13.8 Å². The first-order chi connectivity index (χ1) is 9.88. The highest BCUT2D eigenvalue weighted by Gasteiger charge is 2.17. The lowest BCUT2D eigenvalue weighted by Gasteiger charge is -2.23. The molecule has 1 aliphatic carbocycles. The van der Waals surface area contributed by atoms with Crippen LogP contribution in [-0.2, 0) is 10.0 Å². The normalized spacial score (nSPS) is 17.1. The molecule has 0 atom stereocenters. The lowest BCUT2D eigenvalue weighted by molar-refractivity contribution is 0.207. The molecular weight excluding hydrogens is 286 g/mol. The maximum absolute atomic E-state index is 11.5. The zero-order valence-electron chi connectivity index (χ0n) is 12.8. The fraction of sp³-hybridized carbons (Fsp3) is 0.625. The van der Waals surface area contributed by atoms with Gasteiger partial charge >= 0.3 is 0 Å². The van der Waals surface area contributed by atoms with Gasteiger partial charge in [0.2, 0.25) is 10.0 Å². The summed E-state index contributed by atoms with van der Waals surface area (Å²) >= 11 is 0. The summed E-state index contributed by atoms with van der Waals surface area (Å²) in [7, 11) is -3.67. The molecular formula is C16H25NO3S. The van der Waals surface area contributed by atoms with Gasteiger partial charge in [0.25, 0.3) is 0 Å². The molecule has 0 aromatic heterocycles. The first-order valence-electron chi connectivity index (χ1n) is 7.67. The Labute approximate surface area is 127 Å². The van der Waals surface area contributed by atoms with Crippen LogP contribution in [0.5, 0.6) is 5.75 Å². The first-order valence-corrected chi connectivity index (χ1v) is 9.22. The quantitative estimate of drug-likeness (QED) is 0.906. The van der Waals surface area contributed by atoms with Crippen LogP contribution >= 0.6 is 0 Å². The SMILES string of the molecule is CC(C)c1cc(S(N)(=O)=O)ccc1OCC1CCCCC1. The lowest BCUT2D eigenvalue weighted by Crippen LogP contribution is -2.16. The fourth-order valence-electron chi connectivity index (χ4n) is 2.85.